The number of nitrogens with two attached hydrogens (primary N) is 1. The molecule has 0 aliphatic carbocycles. The number of rotatable bonds is 3. The molecule has 0 saturated carbocycles. The molecular weight excluding hydrogens is 246 g/mol. The average molecular weight is 261 g/mol. The number of aryl methyl sites for hydroxylation is 1. The van der Waals surface area contributed by atoms with Crippen molar-refractivity contribution in [3.8, 4) is 5.82 Å². The number of ether oxygens (including phenoxy) is 1. The monoisotopic (exact) mass is 261 g/mol. The molecule has 0 bridgehead atoms. The predicted molar refractivity (Wildman–Crippen MR) is 71.4 cm³/mol. The van der Waals surface area contributed by atoms with Gasteiger partial charge in [0.25, 0.3) is 0 Å². The Hall–Kier alpha value is -2.57. The zero-order valence-corrected chi connectivity index (χ0v) is 11.0. The molecule has 7 heteroatoms. The summed E-state index contributed by atoms with van der Waals surface area (Å²) >= 11 is 0. The maximum absolute atomic E-state index is 11.7. The van der Waals surface area contributed by atoms with Crippen molar-refractivity contribution in [2.24, 2.45) is 0 Å². The fraction of sp³-hybridized carbons (Fsp3) is 0.250. The number of esters is 1. The molecule has 100 valence electrons. The van der Waals surface area contributed by atoms with Crippen LogP contribution in [-0.4, -0.2) is 34.9 Å². The quantitative estimate of drug-likeness (QED) is 0.800. The lowest BCUT2D eigenvalue weighted by atomic mass is 10.3. The summed E-state index contributed by atoms with van der Waals surface area (Å²) in [7, 11) is 2.95. The largest absolute Gasteiger partial charge is 0.465 e. The second-order valence-electron chi connectivity index (χ2n) is 3.95. The van der Waals surface area contributed by atoms with Gasteiger partial charge in [0.15, 0.2) is 11.6 Å². The van der Waals surface area contributed by atoms with Gasteiger partial charge in [-0.25, -0.2) is 9.78 Å². The zero-order valence-electron chi connectivity index (χ0n) is 11.0. The summed E-state index contributed by atoms with van der Waals surface area (Å²) in [5.41, 5.74) is 7.18. The number of nitrogens with one attached hydrogen (secondary N) is 1. The lowest BCUT2D eigenvalue weighted by molar-refractivity contribution is 0.0603. The minimum atomic E-state index is -0.541. The molecule has 0 fully saturated rings. The van der Waals surface area contributed by atoms with Crippen LogP contribution >= 0.6 is 0 Å². The summed E-state index contributed by atoms with van der Waals surface area (Å²) in [6.07, 6.45) is 1.66. The van der Waals surface area contributed by atoms with Crippen LogP contribution in [-0.2, 0) is 4.74 Å². The highest BCUT2D eigenvalue weighted by molar-refractivity contribution is 5.99. The fourth-order valence-electron chi connectivity index (χ4n) is 1.72. The van der Waals surface area contributed by atoms with Gasteiger partial charge in [-0.15, -0.1) is 5.10 Å². The van der Waals surface area contributed by atoms with Crippen molar-refractivity contribution < 1.29 is 9.53 Å². The van der Waals surface area contributed by atoms with E-state index in [0.29, 0.717) is 11.6 Å². The highest BCUT2D eigenvalue weighted by Crippen LogP contribution is 2.24. The van der Waals surface area contributed by atoms with Crippen LogP contribution in [0.15, 0.2) is 18.3 Å². The first-order chi connectivity index (χ1) is 9.08. The van der Waals surface area contributed by atoms with Gasteiger partial charge in [-0.05, 0) is 24.6 Å². The first kappa shape index (κ1) is 12.9. The van der Waals surface area contributed by atoms with Crippen LogP contribution in [0.1, 0.15) is 15.9 Å². The lowest BCUT2D eigenvalue weighted by Crippen LogP contribution is -2.08. The molecule has 3 N–H and O–H groups in total. The molecule has 2 rings (SSSR count). The molecule has 0 atom stereocenters. The maximum atomic E-state index is 11.7. The first-order valence-corrected chi connectivity index (χ1v) is 5.66. The minimum absolute atomic E-state index is 0.189. The third-order valence-corrected chi connectivity index (χ3v) is 2.67. The Morgan fingerprint density at radius 2 is 2.26 bits per heavy atom. The smallest absolute Gasteiger partial charge is 0.345 e. The molecule has 0 unspecified atom stereocenters. The van der Waals surface area contributed by atoms with Gasteiger partial charge in [0.2, 0.25) is 0 Å². The van der Waals surface area contributed by atoms with Gasteiger partial charge in [0.05, 0.1) is 7.11 Å². The van der Waals surface area contributed by atoms with Crippen molar-refractivity contribution in [2.45, 2.75) is 6.92 Å². The first-order valence-electron chi connectivity index (χ1n) is 5.66. The van der Waals surface area contributed by atoms with E-state index in [1.165, 1.54) is 11.8 Å². The van der Waals surface area contributed by atoms with E-state index in [2.05, 4.69) is 15.4 Å². The molecule has 19 heavy (non-hydrogen) atoms. The molecule has 0 amide bonds. The number of hydrogen-bond acceptors (Lipinski definition) is 6. The van der Waals surface area contributed by atoms with Gasteiger partial charge in [-0.2, -0.15) is 4.68 Å². The van der Waals surface area contributed by atoms with E-state index in [1.54, 1.807) is 13.2 Å². The van der Waals surface area contributed by atoms with E-state index in [-0.39, 0.29) is 11.4 Å². The molecule has 0 aliphatic rings. The average Bonchev–Trinajstić information content (AvgIpc) is 2.75. The number of carbonyl (C=O) groups is 1. The van der Waals surface area contributed by atoms with Crippen LogP contribution in [0.25, 0.3) is 5.82 Å². The molecule has 2 aromatic rings. The number of methoxy groups -OCH3 is 1. The Bertz CT molecular complexity index is 621. The van der Waals surface area contributed by atoms with E-state index in [1.807, 2.05) is 19.1 Å². The predicted octanol–water partition coefficient (Wildman–Crippen LogP) is 0.986. The van der Waals surface area contributed by atoms with Crippen LogP contribution in [0, 0.1) is 6.92 Å². The number of hydrogen-bond donors (Lipinski definition) is 2. The Kier molecular flexibility index (Phi) is 3.37. The van der Waals surface area contributed by atoms with Gasteiger partial charge in [-0.3, -0.25) is 0 Å². The zero-order chi connectivity index (χ0) is 14.0. The normalized spacial score (nSPS) is 10.3. The molecule has 0 aromatic carbocycles. The van der Waals surface area contributed by atoms with Crippen molar-refractivity contribution >= 4 is 17.6 Å². The molecule has 0 saturated heterocycles. The van der Waals surface area contributed by atoms with Gasteiger partial charge < -0.3 is 15.8 Å². The van der Waals surface area contributed by atoms with E-state index >= 15 is 0 Å². The molecule has 2 heterocycles. The van der Waals surface area contributed by atoms with Crippen molar-refractivity contribution in [1.82, 2.24) is 14.8 Å². The Balaban J connectivity index is 2.60. The number of nitrogens with zero attached hydrogens (tertiary/aromatic N) is 3. The van der Waals surface area contributed by atoms with Gasteiger partial charge >= 0.3 is 5.97 Å². The molecular formula is C12H15N5O2. The standard InChI is InChI=1S/C12H15N5O2/c1-7-4-5-15-8(6-7)17-10(13)9(12(18)19-3)11(14-2)16-17/h4-6H,13H2,1-3H3,(H,14,16). The summed E-state index contributed by atoms with van der Waals surface area (Å²) in [4.78, 5) is 15.9. The fourth-order valence-corrected chi connectivity index (χ4v) is 1.72. The number of pyridine rings is 1. The van der Waals surface area contributed by atoms with E-state index in [0.717, 1.165) is 5.56 Å². The second kappa shape index (κ2) is 4.97. The van der Waals surface area contributed by atoms with Crippen molar-refractivity contribution in [1.29, 1.82) is 0 Å². The number of carbonyl (C=O) groups excluding carboxylic acids is 1. The van der Waals surface area contributed by atoms with Crippen LogP contribution < -0.4 is 11.1 Å². The summed E-state index contributed by atoms with van der Waals surface area (Å²) in [6.45, 7) is 1.94. The van der Waals surface area contributed by atoms with Gasteiger partial charge in [0, 0.05) is 13.2 Å². The van der Waals surface area contributed by atoms with E-state index in [4.69, 9.17) is 10.5 Å². The topological polar surface area (TPSA) is 95.1 Å². The number of anilines is 2. The number of aromatic nitrogens is 3. The van der Waals surface area contributed by atoms with Gasteiger partial charge in [-0.1, -0.05) is 0 Å². The van der Waals surface area contributed by atoms with E-state index in [9.17, 15) is 4.79 Å². The lowest BCUT2D eigenvalue weighted by Gasteiger charge is -2.03. The number of nitrogen functional groups attached to an aromatic ring is 1. The Labute approximate surface area is 110 Å². The van der Waals surface area contributed by atoms with Crippen molar-refractivity contribution in [2.75, 3.05) is 25.2 Å². The molecule has 0 radical (unpaired) electrons. The minimum Gasteiger partial charge on any atom is -0.465 e. The highest BCUT2D eigenvalue weighted by atomic mass is 16.5. The Morgan fingerprint density at radius 3 is 2.84 bits per heavy atom. The summed E-state index contributed by atoms with van der Waals surface area (Å²) in [5, 5.41) is 7.04. The molecule has 7 nitrogen and oxygen atoms in total. The summed E-state index contributed by atoms with van der Waals surface area (Å²) in [6, 6.07) is 3.69. The van der Waals surface area contributed by atoms with Gasteiger partial charge in [0.1, 0.15) is 11.4 Å². The van der Waals surface area contributed by atoms with Crippen LogP contribution in [0.2, 0.25) is 0 Å². The second-order valence-corrected chi connectivity index (χ2v) is 3.95. The van der Waals surface area contributed by atoms with Crippen LogP contribution in [0.4, 0.5) is 11.6 Å². The van der Waals surface area contributed by atoms with E-state index < -0.39 is 5.97 Å². The molecule has 2 aromatic heterocycles. The van der Waals surface area contributed by atoms with Crippen LogP contribution in [0.5, 0.6) is 0 Å². The third-order valence-electron chi connectivity index (χ3n) is 2.67. The Morgan fingerprint density at radius 1 is 1.53 bits per heavy atom. The van der Waals surface area contributed by atoms with Crippen molar-refractivity contribution in [3.05, 3.63) is 29.5 Å². The summed E-state index contributed by atoms with van der Waals surface area (Å²) < 4.78 is 6.11. The molecule has 0 spiro atoms. The SMILES string of the molecule is CNc1nn(-c2cc(C)ccn2)c(N)c1C(=O)OC. The summed E-state index contributed by atoms with van der Waals surface area (Å²) in [5.74, 6) is 0.548. The third kappa shape index (κ3) is 2.22. The molecule has 0 aliphatic heterocycles. The maximum Gasteiger partial charge on any atom is 0.345 e. The van der Waals surface area contributed by atoms with Crippen LogP contribution in [0.3, 0.4) is 0 Å². The van der Waals surface area contributed by atoms with Crippen molar-refractivity contribution in [3.63, 3.8) is 0 Å². The highest BCUT2D eigenvalue weighted by Gasteiger charge is 2.23.